The van der Waals surface area contributed by atoms with Gasteiger partial charge in [-0.25, -0.2) is 8.78 Å². The van der Waals surface area contributed by atoms with Crippen LogP contribution in [0.15, 0.2) is 48.1 Å². The number of alkyl halides is 2. The standard InChI is InChI=1S/C32H39F2NO6/c1-4-5-28-40-27-14-21-22-13-24(33)23-12-19(36)10-11-29(23,2)31(22,34)25(37)15-30(21,3)32(27,41-28)26(38)17-39-20-8-6-18(16-35)7-9-20/h6-12,21-22,24-25,27-28,37H,4-5,13-17,35H2,1-3H3/t21-,22-,24-,25-,27+,28?,29-,30-,31-,32+/m0/s1. The van der Waals surface area contributed by atoms with Gasteiger partial charge in [0.05, 0.1) is 12.2 Å². The summed E-state index contributed by atoms with van der Waals surface area (Å²) in [6.07, 6.45) is 0.809. The van der Waals surface area contributed by atoms with Gasteiger partial charge >= 0.3 is 0 Å². The largest absolute Gasteiger partial charge is 0.486 e. The number of ether oxygens (including phenoxy) is 3. The first-order chi connectivity index (χ1) is 19.4. The minimum Gasteiger partial charge on any atom is -0.486 e. The number of ketones is 2. The van der Waals surface area contributed by atoms with E-state index in [0.29, 0.717) is 25.1 Å². The van der Waals surface area contributed by atoms with Gasteiger partial charge < -0.3 is 25.1 Å². The van der Waals surface area contributed by atoms with E-state index in [9.17, 15) is 14.7 Å². The summed E-state index contributed by atoms with van der Waals surface area (Å²) in [5, 5.41) is 11.7. The number of allylic oxidation sites excluding steroid dienone is 4. The first kappa shape index (κ1) is 28.6. The molecule has 0 radical (unpaired) electrons. The van der Waals surface area contributed by atoms with Crippen molar-refractivity contribution in [3.63, 3.8) is 0 Å². The lowest BCUT2D eigenvalue weighted by molar-refractivity contribution is -0.234. The van der Waals surface area contributed by atoms with Crippen LogP contribution in [-0.4, -0.2) is 59.2 Å². The lowest BCUT2D eigenvalue weighted by Crippen LogP contribution is -2.71. The number of halogens is 2. The predicted octanol–water partition coefficient (Wildman–Crippen LogP) is 4.30. The van der Waals surface area contributed by atoms with Crippen molar-refractivity contribution in [1.82, 2.24) is 0 Å². The third-order valence-corrected chi connectivity index (χ3v) is 10.9. The molecule has 9 heteroatoms. The van der Waals surface area contributed by atoms with Crippen molar-refractivity contribution in [2.75, 3.05) is 6.61 Å². The second kappa shape index (κ2) is 9.79. The van der Waals surface area contributed by atoms with Crippen LogP contribution in [0.3, 0.4) is 0 Å². The number of carbonyl (C=O) groups excluding carboxylic acids is 2. The van der Waals surface area contributed by atoms with Gasteiger partial charge in [0.2, 0.25) is 5.78 Å². The Bertz CT molecular complexity index is 1300. The highest BCUT2D eigenvalue weighted by Gasteiger charge is 2.80. The van der Waals surface area contributed by atoms with Crippen molar-refractivity contribution in [2.45, 2.75) is 95.4 Å². The van der Waals surface area contributed by atoms with Crippen LogP contribution < -0.4 is 10.5 Å². The molecule has 10 atom stereocenters. The van der Waals surface area contributed by atoms with Gasteiger partial charge in [0.1, 0.15) is 18.5 Å². The van der Waals surface area contributed by atoms with Crippen LogP contribution in [0, 0.1) is 22.7 Å². The predicted molar refractivity (Wildman–Crippen MR) is 146 cm³/mol. The van der Waals surface area contributed by atoms with Gasteiger partial charge in [0.15, 0.2) is 23.3 Å². The maximum Gasteiger partial charge on any atom is 0.205 e. The van der Waals surface area contributed by atoms with Crippen LogP contribution in [0.2, 0.25) is 0 Å². The Balaban J connectivity index is 1.37. The Labute approximate surface area is 239 Å². The quantitative estimate of drug-likeness (QED) is 0.502. The number of aliphatic hydroxyl groups excluding tert-OH is 1. The molecule has 4 aliphatic carbocycles. The summed E-state index contributed by atoms with van der Waals surface area (Å²) in [7, 11) is 0. The summed E-state index contributed by atoms with van der Waals surface area (Å²) >= 11 is 0. The zero-order valence-electron chi connectivity index (χ0n) is 23.8. The first-order valence-corrected chi connectivity index (χ1v) is 14.7. The van der Waals surface area contributed by atoms with Crippen molar-refractivity contribution in [1.29, 1.82) is 0 Å². The fourth-order valence-electron chi connectivity index (χ4n) is 8.86. The van der Waals surface area contributed by atoms with Crippen LogP contribution in [0.1, 0.15) is 58.4 Å². The molecule has 0 bridgehead atoms. The van der Waals surface area contributed by atoms with E-state index in [1.165, 1.54) is 18.2 Å². The molecule has 1 aromatic rings. The molecule has 41 heavy (non-hydrogen) atoms. The Morgan fingerprint density at radius 1 is 1.20 bits per heavy atom. The van der Waals surface area contributed by atoms with E-state index in [-0.39, 0.29) is 30.8 Å². The monoisotopic (exact) mass is 571 g/mol. The summed E-state index contributed by atoms with van der Waals surface area (Å²) in [4.78, 5) is 26.3. The van der Waals surface area contributed by atoms with Gasteiger partial charge in [-0.05, 0) is 73.9 Å². The topological polar surface area (TPSA) is 108 Å². The van der Waals surface area contributed by atoms with Crippen molar-refractivity contribution in [3.8, 4) is 5.75 Å². The minimum absolute atomic E-state index is 0.0694. The van der Waals surface area contributed by atoms with Crippen molar-refractivity contribution in [3.05, 3.63) is 53.6 Å². The summed E-state index contributed by atoms with van der Waals surface area (Å²) in [6, 6.07) is 7.14. The number of benzene rings is 1. The van der Waals surface area contributed by atoms with E-state index >= 15 is 8.78 Å². The highest BCUT2D eigenvalue weighted by atomic mass is 19.1. The fourth-order valence-corrected chi connectivity index (χ4v) is 8.86. The molecule has 0 amide bonds. The van der Waals surface area contributed by atoms with E-state index < -0.39 is 64.4 Å². The van der Waals surface area contributed by atoms with Crippen LogP contribution in [0.4, 0.5) is 8.78 Å². The van der Waals surface area contributed by atoms with Gasteiger partial charge in [0, 0.05) is 23.3 Å². The molecule has 6 rings (SSSR count). The van der Waals surface area contributed by atoms with Gasteiger partial charge in [0.25, 0.3) is 0 Å². The molecule has 222 valence electrons. The second-order valence-electron chi connectivity index (χ2n) is 12.9. The minimum atomic E-state index is -2.24. The zero-order chi connectivity index (χ0) is 29.4. The smallest absolute Gasteiger partial charge is 0.205 e. The number of hydrogen-bond donors (Lipinski definition) is 2. The molecule has 7 nitrogen and oxygen atoms in total. The fraction of sp³-hybridized carbons (Fsp3) is 0.625. The number of rotatable bonds is 7. The maximum atomic E-state index is 17.6. The van der Waals surface area contributed by atoms with Gasteiger partial charge in [-0.2, -0.15) is 0 Å². The SMILES string of the molecule is CCCC1O[C@@H]2C[C@H]3[C@@H]4C[C@H](F)C5=CC(=O)C=C[C@]5(C)[C@@]4(F)[C@@H](O)C[C@]3(C)[C@]2(C(=O)COc2ccc(CN)cc2)O1. The Morgan fingerprint density at radius 3 is 2.61 bits per heavy atom. The number of nitrogens with two attached hydrogens (primary N) is 1. The molecule has 1 saturated heterocycles. The number of Topliss-reactive ketones (excluding diaryl/α,β-unsaturated/α-hetero) is 1. The molecule has 3 saturated carbocycles. The molecule has 1 unspecified atom stereocenters. The van der Waals surface area contributed by atoms with E-state index in [1.807, 2.05) is 26.0 Å². The lowest BCUT2D eigenvalue weighted by Gasteiger charge is -2.63. The highest BCUT2D eigenvalue weighted by molar-refractivity contribution is 6.01. The molecule has 1 aliphatic heterocycles. The summed E-state index contributed by atoms with van der Waals surface area (Å²) in [6.45, 7) is 5.50. The first-order valence-electron chi connectivity index (χ1n) is 14.7. The molecule has 0 spiro atoms. The molecular weight excluding hydrogens is 532 g/mol. The zero-order valence-corrected chi connectivity index (χ0v) is 23.8. The third-order valence-electron chi connectivity index (χ3n) is 10.9. The molecule has 5 aliphatic rings. The van der Waals surface area contributed by atoms with Gasteiger partial charge in [-0.1, -0.05) is 38.5 Å². The molecule has 0 aromatic heterocycles. The van der Waals surface area contributed by atoms with E-state index in [1.54, 1.807) is 19.1 Å². The van der Waals surface area contributed by atoms with Crippen molar-refractivity contribution in [2.24, 2.45) is 28.4 Å². The molecule has 4 fully saturated rings. The van der Waals surface area contributed by atoms with Crippen molar-refractivity contribution >= 4 is 11.6 Å². The Hall–Kier alpha value is -2.46. The average Bonchev–Trinajstić information content (AvgIpc) is 3.43. The summed E-state index contributed by atoms with van der Waals surface area (Å²) in [5.74, 6) is -1.67. The highest BCUT2D eigenvalue weighted by Crippen LogP contribution is 2.72. The van der Waals surface area contributed by atoms with E-state index in [0.717, 1.165) is 12.0 Å². The average molecular weight is 572 g/mol. The van der Waals surface area contributed by atoms with Crippen molar-refractivity contribution < 1.29 is 37.7 Å². The second-order valence-corrected chi connectivity index (χ2v) is 12.9. The molecular formula is C32H39F2NO6. The summed E-state index contributed by atoms with van der Waals surface area (Å²) in [5.41, 5.74) is 0.412. The normalized spacial score (nSPS) is 44.5. The van der Waals surface area contributed by atoms with Crippen LogP contribution >= 0.6 is 0 Å². The molecule has 1 heterocycles. The molecule has 1 aromatic carbocycles. The lowest BCUT2D eigenvalue weighted by atomic mass is 9.44. The van der Waals surface area contributed by atoms with E-state index in [4.69, 9.17) is 19.9 Å². The molecule has 3 N–H and O–H groups in total. The van der Waals surface area contributed by atoms with Crippen LogP contribution in [0.5, 0.6) is 5.75 Å². The Morgan fingerprint density at radius 2 is 1.93 bits per heavy atom. The van der Waals surface area contributed by atoms with Crippen LogP contribution in [0.25, 0.3) is 0 Å². The van der Waals surface area contributed by atoms with Gasteiger partial charge in [-0.15, -0.1) is 0 Å². The Kier molecular flexibility index (Phi) is 6.84. The van der Waals surface area contributed by atoms with Crippen LogP contribution in [-0.2, 0) is 25.6 Å². The van der Waals surface area contributed by atoms with Gasteiger partial charge in [-0.3, -0.25) is 9.59 Å². The van der Waals surface area contributed by atoms with E-state index in [2.05, 4.69) is 0 Å². The number of aliphatic hydroxyl groups is 1. The number of hydrogen-bond acceptors (Lipinski definition) is 7. The number of fused-ring (bicyclic) bond motifs is 7. The maximum absolute atomic E-state index is 17.6. The summed E-state index contributed by atoms with van der Waals surface area (Å²) < 4.78 is 52.1. The number of carbonyl (C=O) groups is 2. The third kappa shape index (κ3) is 3.81.